The van der Waals surface area contributed by atoms with Crippen molar-refractivity contribution in [1.29, 1.82) is 0 Å². The molecule has 0 atom stereocenters. The van der Waals surface area contributed by atoms with Crippen molar-refractivity contribution >= 4 is 6.29 Å². The monoisotopic (exact) mass is 192 g/mol. The zero-order chi connectivity index (χ0) is 9.97. The molecule has 0 aliphatic carbocycles. The smallest absolute Gasteiger partial charge is 0.246 e. The van der Waals surface area contributed by atoms with Gasteiger partial charge in [0.15, 0.2) is 12.1 Å². The molecule has 0 fully saturated rings. The van der Waals surface area contributed by atoms with E-state index in [4.69, 9.17) is 4.52 Å². The van der Waals surface area contributed by atoms with E-state index in [1.807, 2.05) is 0 Å². The molecule has 0 saturated heterocycles. The molecule has 2 rings (SSSR count). The van der Waals surface area contributed by atoms with E-state index in [9.17, 15) is 4.79 Å². The van der Waals surface area contributed by atoms with Crippen molar-refractivity contribution in [3.63, 3.8) is 0 Å². The zero-order valence-electron chi connectivity index (χ0n) is 7.54. The van der Waals surface area contributed by atoms with E-state index in [0.29, 0.717) is 30.2 Å². The molecule has 0 bridgehead atoms. The molecule has 0 saturated carbocycles. The van der Waals surface area contributed by atoms with Gasteiger partial charge in [0.25, 0.3) is 0 Å². The SMILES string of the molecule is Cc1noc(Cn2cnc(C=O)c2)n1. The van der Waals surface area contributed by atoms with Gasteiger partial charge < -0.3 is 9.09 Å². The van der Waals surface area contributed by atoms with Crippen LogP contribution in [0.25, 0.3) is 0 Å². The molecule has 2 aromatic rings. The van der Waals surface area contributed by atoms with Crippen LogP contribution in [0.2, 0.25) is 0 Å². The van der Waals surface area contributed by atoms with Gasteiger partial charge in [0.2, 0.25) is 5.89 Å². The number of aldehydes is 1. The van der Waals surface area contributed by atoms with Gasteiger partial charge in [-0.05, 0) is 6.92 Å². The zero-order valence-corrected chi connectivity index (χ0v) is 7.54. The third kappa shape index (κ3) is 1.68. The van der Waals surface area contributed by atoms with Crippen molar-refractivity contribution in [2.75, 3.05) is 0 Å². The first-order valence-electron chi connectivity index (χ1n) is 4.04. The van der Waals surface area contributed by atoms with Crippen molar-refractivity contribution in [3.8, 4) is 0 Å². The van der Waals surface area contributed by atoms with Crippen molar-refractivity contribution in [1.82, 2.24) is 19.7 Å². The highest BCUT2D eigenvalue weighted by Gasteiger charge is 2.04. The lowest BCUT2D eigenvalue weighted by Gasteiger charge is -1.93. The number of imidazole rings is 1. The van der Waals surface area contributed by atoms with E-state index in [1.165, 1.54) is 0 Å². The molecule has 0 aliphatic rings. The highest BCUT2D eigenvalue weighted by Crippen LogP contribution is 2.00. The molecule has 72 valence electrons. The Morgan fingerprint density at radius 3 is 3.07 bits per heavy atom. The molecule has 2 aromatic heterocycles. The molecule has 2 heterocycles. The number of hydrogen-bond acceptors (Lipinski definition) is 5. The Bertz CT molecular complexity index is 446. The molecular weight excluding hydrogens is 184 g/mol. The van der Waals surface area contributed by atoms with Gasteiger partial charge in [-0.15, -0.1) is 0 Å². The fraction of sp³-hybridized carbons (Fsp3) is 0.250. The minimum absolute atomic E-state index is 0.390. The van der Waals surface area contributed by atoms with Gasteiger partial charge in [-0.3, -0.25) is 4.79 Å². The average Bonchev–Trinajstić information content (AvgIpc) is 2.76. The van der Waals surface area contributed by atoms with Gasteiger partial charge in [-0.1, -0.05) is 5.16 Å². The lowest BCUT2D eigenvalue weighted by Crippen LogP contribution is -1.96. The molecule has 6 heteroatoms. The van der Waals surface area contributed by atoms with Crippen LogP contribution in [0.15, 0.2) is 17.0 Å². The standard InChI is InChI=1S/C8H8N4O2/c1-6-10-8(14-11-6)3-12-2-7(4-13)9-5-12/h2,4-5H,3H2,1H3. The van der Waals surface area contributed by atoms with Gasteiger partial charge in [0.1, 0.15) is 12.2 Å². The molecular formula is C8H8N4O2. The highest BCUT2D eigenvalue weighted by molar-refractivity contribution is 5.70. The second-order valence-corrected chi connectivity index (χ2v) is 2.82. The van der Waals surface area contributed by atoms with Gasteiger partial charge in [0, 0.05) is 6.20 Å². The number of hydrogen-bond donors (Lipinski definition) is 0. The summed E-state index contributed by atoms with van der Waals surface area (Å²) in [6.45, 7) is 2.18. The van der Waals surface area contributed by atoms with Crippen LogP contribution >= 0.6 is 0 Å². The Hall–Kier alpha value is -1.98. The van der Waals surface area contributed by atoms with E-state index >= 15 is 0 Å². The summed E-state index contributed by atoms with van der Waals surface area (Å²) < 4.78 is 6.62. The first-order valence-corrected chi connectivity index (χ1v) is 4.04. The molecule has 0 N–H and O–H groups in total. The maximum absolute atomic E-state index is 10.3. The van der Waals surface area contributed by atoms with Crippen LogP contribution in [0.5, 0.6) is 0 Å². The Balaban J connectivity index is 2.14. The lowest BCUT2D eigenvalue weighted by atomic mass is 10.5. The van der Waals surface area contributed by atoms with Crippen LogP contribution in [-0.4, -0.2) is 26.0 Å². The maximum Gasteiger partial charge on any atom is 0.246 e. The lowest BCUT2D eigenvalue weighted by molar-refractivity contribution is 0.111. The third-order valence-electron chi connectivity index (χ3n) is 1.66. The number of nitrogens with zero attached hydrogens (tertiary/aromatic N) is 4. The predicted octanol–water partition coefficient (Wildman–Crippen LogP) is 0.435. The van der Waals surface area contributed by atoms with Crippen LogP contribution in [0.4, 0.5) is 0 Å². The van der Waals surface area contributed by atoms with Crippen LogP contribution in [0.3, 0.4) is 0 Å². The summed E-state index contributed by atoms with van der Waals surface area (Å²) in [6, 6.07) is 0. The van der Waals surface area contributed by atoms with Crippen LogP contribution in [0, 0.1) is 6.92 Å². The molecule has 0 aliphatic heterocycles. The second kappa shape index (κ2) is 3.41. The normalized spacial score (nSPS) is 10.4. The van der Waals surface area contributed by atoms with Crippen LogP contribution < -0.4 is 0 Å². The van der Waals surface area contributed by atoms with E-state index in [1.54, 1.807) is 24.0 Å². The Labute approximate surface area is 79.6 Å². The highest BCUT2D eigenvalue weighted by atomic mass is 16.5. The van der Waals surface area contributed by atoms with Gasteiger partial charge >= 0.3 is 0 Å². The molecule has 6 nitrogen and oxygen atoms in total. The summed E-state index contributed by atoms with van der Waals surface area (Å²) in [5.41, 5.74) is 0.390. The topological polar surface area (TPSA) is 73.8 Å². The maximum atomic E-state index is 10.3. The fourth-order valence-electron chi connectivity index (χ4n) is 1.09. The van der Waals surface area contributed by atoms with Crippen LogP contribution in [-0.2, 0) is 6.54 Å². The molecule has 0 amide bonds. The first kappa shape index (κ1) is 8.61. The fourth-order valence-corrected chi connectivity index (χ4v) is 1.09. The molecule has 0 radical (unpaired) electrons. The molecule has 0 aromatic carbocycles. The Morgan fingerprint density at radius 2 is 2.50 bits per heavy atom. The largest absolute Gasteiger partial charge is 0.337 e. The quantitative estimate of drug-likeness (QED) is 0.659. The summed E-state index contributed by atoms with van der Waals surface area (Å²) in [5, 5.41) is 3.65. The minimum Gasteiger partial charge on any atom is -0.337 e. The summed E-state index contributed by atoms with van der Waals surface area (Å²) >= 11 is 0. The van der Waals surface area contributed by atoms with Crippen LogP contribution in [0.1, 0.15) is 22.2 Å². The average molecular weight is 192 g/mol. The molecule has 0 unspecified atom stereocenters. The van der Waals surface area contributed by atoms with Crippen molar-refractivity contribution in [2.45, 2.75) is 13.5 Å². The molecule has 14 heavy (non-hydrogen) atoms. The van der Waals surface area contributed by atoms with E-state index in [0.717, 1.165) is 0 Å². The number of carbonyl (C=O) groups excluding carboxylic acids is 1. The van der Waals surface area contributed by atoms with Gasteiger partial charge in [-0.2, -0.15) is 4.98 Å². The molecule has 0 spiro atoms. The Morgan fingerprint density at radius 1 is 1.64 bits per heavy atom. The number of aryl methyl sites for hydroxylation is 1. The summed E-state index contributed by atoms with van der Waals surface area (Å²) in [7, 11) is 0. The Kier molecular flexibility index (Phi) is 2.10. The minimum atomic E-state index is 0.390. The number of carbonyl (C=O) groups is 1. The van der Waals surface area contributed by atoms with E-state index in [-0.39, 0.29) is 0 Å². The van der Waals surface area contributed by atoms with E-state index < -0.39 is 0 Å². The number of aromatic nitrogens is 4. The summed E-state index contributed by atoms with van der Waals surface area (Å²) in [4.78, 5) is 18.2. The van der Waals surface area contributed by atoms with Crippen molar-refractivity contribution in [2.24, 2.45) is 0 Å². The van der Waals surface area contributed by atoms with E-state index in [2.05, 4.69) is 15.1 Å². The van der Waals surface area contributed by atoms with Gasteiger partial charge in [-0.25, -0.2) is 4.98 Å². The predicted molar refractivity (Wildman–Crippen MR) is 45.8 cm³/mol. The summed E-state index contributed by atoms with van der Waals surface area (Å²) in [5.74, 6) is 1.09. The van der Waals surface area contributed by atoms with Crippen molar-refractivity contribution in [3.05, 3.63) is 29.9 Å². The first-order chi connectivity index (χ1) is 6.78. The third-order valence-corrected chi connectivity index (χ3v) is 1.66. The summed E-state index contributed by atoms with van der Waals surface area (Å²) in [6.07, 6.45) is 3.85. The second-order valence-electron chi connectivity index (χ2n) is 2.82. The van der Waals surface area contributed by atoms with Gasteiger partial charge in [0.05, 0.1) is 6.33 Å². The number of rotatable bonds is 3. The van der Waals surface area contributed by atoms with Crippen molar-refractivity contribution < 1.29 is 9.32 Å².